The molecule has 1 heterocycles. The van der Waals surface area contributed by atoms with Gasteiger partial charge < -0.3 is 10.2 Å². The van der Waals surface area contributed by atoms with Crippen LogP contribution in [0.5, 0.6) is 0 Å². The lowest BCUT2D eigenvalue weighted by molar-refractivity contribution is -0.134. The maximum absolute atomic E-state index is 12.7. The summed E-state index contributed by atoms with van der Waals surface area (Å²) in [5.41, 5.74) is 0. The summed E-state index contributed by atoms with van der Waals surface area (Å²) in [6, 6.07) is 6.58. The third-order valence-electron chi connectivity index (χ3n) is 4.03. The van der Waals surface area contributed by atoms with Crippen molar-refractivity contribution < 1.29 is 18.0 Å². The van der Waals surface area contributed by atoms with Gasteiger partial charge >= 0.3 is 0 Å². The predicted octanol–water partition coefficient (Wildman–Crippen LogP) is 0.433. The van der Waals surface area contributed by atoms with Crippen LogP contribution in [0.4, 0.5) is 0 Å². The molecule has 132 valence electrons. The molecule has 0 saturated carbocycles. The van der Waals surface area contributed by atoms with E-state index < -0.39 is 28.0 Å². The molecule has 0 radical (unpaired) electrons. The summed E-state index contributed by atoms with van der Waals surface area (Å²) in [7, 11) is -0.520. The van der Waals surface area contributed by atoms with Gasteiger partial charge in [0.15, 0.2) is 0 Å². The van der Waals surface area contributed by atoms with Gasteiger partial charge in [0.2, 0.25) is 21.8 Å². The highest BCUT2D eigenvalue weighted by Gasteiger charge is 2.40. The van der Waals surface area contributed by atoms with E-state index in [9.17, 15) is 18.0 Å². The smallest absolute Gasteiger partial charge is 0.244 e. The van der Waals surface area contributed by atoms with Gasteiger partial charge in [-0.25, -0.2) is 8.42 Å². The number of nitrogens with one attached hydrogen (secondary N) is 1. The first kappa shape index (κ1) is 18.4. The van der Waals surface area contributed by atoms with E-state index >= 15 is 0 Å². The predicted molar refractivity (Wildman–Crippen MR) is 89.7 cm³/mol. The van der Waals surface area contributed by atoms with Crippen LogP contribution in [-0.2, 0) is 19.6 Å². The van der Waals surface area contributed by atoms with Crippen LogP contribution >= 0.6 is 0 Å². The lowest BCUT2D eigenvalue weighted by Crippen LogP contribution is -2.51. The van der Waals surface area contributed by atoms with Crippen LogP contribution in [0.1, 0.15) is 19.8 Å². The molecule has 7 nitrogen and oxygen atoms in total. The van der Waals surface area contributed by atoms with E-state index in [1.54, 1.807) is 39.2 Å². The second-order valence-corrected chi connectivity index (χ2v) is 7.94. The quantitative estimate of drug-likeness (QED) is 0.832. The van der Waals surface area contributed by atoms with Gasteiger partial charge in [0, 0.05) is 20.6 Å². The molecule has 2 amide bonds. The number of benzene rings is 1. The van der Waals surface area contributed by atoms with Gasteiger partial charge in [-0.15, -0.1) is 0 Å². The summed E-state index contributed by atoms with van der Waals surface area (Å²) in [6.45, 7) is 1.89. The largest absolute Gasteiger partial charge is 0.347 e. The van der Waals surface area contributed by atoms with Gasteiger partial charge in [-0.3, -0.25) is 9.59 Å². The molecule has 1 aliphatic rings. The number of nitrogens with zero attached hydrogens (tertiary/aromatic N) is 2. The first-order valence-corrected chi connectivity index (χ1v) is 9.27. The Hall–Kier alpha value is -1.93. The van der Waals surface area contributed by atoms with Crippen molar-refractivity contribution in [2.75, 3.05) is 20.6 Å². The van der Waals surface area contributed by atoms with Gasteiger partial charge in [-0.1, -0.05) is 18.2 Å². The van der Waals surface area contributed by atoms with Gasteiger partial charge in [0.05, 0.1) is 4.90 Å². The average Bonchev–Trinajstić information content (AvgIpc) is 3.05. The van der Waals surface area contributed by atoms with E-state index in [1.165, 1.54) is 21.3 Å². The molecule has 2 rings (SSSR count). The van der Waals surface area contributed by atoms with Crippen molar-refractivity contribution in [2.24, 2.45) is 0 Å². The second-order valence-electron chi connectivity index (χ2n) is 6.05. The van der Waals surface area contributed by atoms with Crippen LogP contribution in [0.3, 0.4) is 0 Å². The van der Waals surface area contributed by atoms with Crippen molar-refractivity contribution in [1.82, 2.24) is 14.5 Å². The highest BCUT2D eigenvalue weighted by atomic mass is 32.2. The van der Waals surface area contributed by atoms with E-state index in [2.05, 4.69) is 5.32 Å². The highest BCUT2D eigenvalue weighted by molar-refractivity contribution is 7.89. The number of hydrogen-bond donors (Lipinski definition) is 1. The molecule has 1 aromatic rings. The Morgan fingerprint density at radius 3 is 2.46 bits per heavy atom. The standard InChI is InChI=1S/C16H23N3O4S/c1-12(16(21)18(2)3)17-15(20)14-10-7-11-19(14)24(22,23)13-8-5-4-6-9-13/h4-6,8-9,12,14H,7,10-11H2,1-3H3,(H,17,20)/t12-,14-/m1/s1. The van der Waals surface area contributed by atoms with Crippen molar-refractivity contribution in [3.63, 3.8) is 0 Å². The zero-order valence-corrected chi connectivity index (χ0v) is 14.9. The van der Waals surface area contributed by atoms with Gasteiger partial charge in [0.1, 0.15) is 12.1 Å². The maximum Gasteiger partial charge on any atom is 0.244 e. The summed E-state index contributed by atoms with van der Waals surface area (Å²) >= 11 is 0. The Balaban J connectivity index is 2.16. The third kappa shape index (κ3) is 3.76. The molecule has 1 N–H and O–H groups in total. The zero-order chi connectivity index (χ0) is 17.9. The first-order chi connectivity index (χ1) is 11.2. The molecule has 24 heavy (non-hydrogen) atoms. The fourth-order valence-electron chi connectivity index (χ4n) is 2.78. The Morgan fingerprint density at radius 2 is 1.88 bits per heavy atom. The molecule has 0 bridgehead atoms. The molecular formula is C16H23N3O4S. The van der Waals surface area contributed by atoms with E-state index in [4.69, 9.17) is 0 Å². The van der Waals surface area contributed by atoms with E-state index in [0.717, 1.165) is 0 Å². The monoisotopic (exact) mass is 353 g/mol. The second kappa shape index (κ2) is 7.31. The molecular weight excluding hydrogens is 330 g/mol. The summed E-state index contributed by atoms with van der Waals surface area (Å²) in [5, 5.41) is 2.62. The topological polar surface area (TPSA) is 86.8 Å². The molecule has 1 aliphatic heterocycles. The SMILES string of the molecule is C[C@@H](NC(=O)[C@H]1CCCN1S(=O)(=O)c1ccccc1)C(=O)N(C)C. The van der Waals surface area contributed by atoms with Crippen molar-refractivity contribution in [3.8, 4) is 0 Å². The molecule has 0 aromatic heterocycles. The molecule has 1 saturated heterocycles. The minimum atomic E-state index is -3.73. The van der Waals surface area contributed by atoms with Gasteiger partial charge in [0.25, 0.3) is 0 Å². The van der Waals surface area contributed by atoms with Crippen molar-refractivity contribution >= 4 is 21.8 Å². The van der Waals surface area contributed by atoms with Crippen LogP contribution < -0.4 is 5.32 Å². The Bertz CT molecular complexity index is 703. The van der Waals surface area contributed by atoms with Crippen LogP contribution in [0.15, 0.2) is 35.2 Å². The Kier molecular flexibility index (Phi) is 5.61. The number of likely N-dealkylation sites (N-methyl/N-ethyl adjacent to an activating group) is 1. The lowest BCUT2D eigenvalue weighted by Gasteiger charge is -2.25. The van der Waals surface area contributed by atoms with Crippen LogP contribution in [0.25, 0.3) is 0 Å². The summed E-state index contributed by atoms with van der Waals surface area (Å²) in [4.78, 5) is 25.9. The van der Waals surface area contributed by atoms with Crippen molar-refractivity contribution in [1.29, 1.82) is 0 Å². The number of carbonyl (C=O) groups excluding carboxylic acids is 2. The number of rotatable bonds is 5. The number of hydrogen-bond acceptors (Lipinski definition) is 4. The minimum absolute atomic E-state index is 0.169. The molecule has 0 aliphatic carbocycles. The summed E-state index contributed by atoms with van der Waals surface area (Å²) in [6.07, 6.45) is 1.06. The van der Waals surface area contributed by atoms with Gasteiger partial charge in [-0.05, 0) is 31.9 Å². The van der Waals surface area contributed by atoms with Crippen LogP contribution in [0.2, 0.25) is 0 Å². The molecule has 1 fully saturated rings. The fourth-order valence-corrected chi connectivity index (χ4v) is 4.45. The Morgan fingerprint density at radius 1 is 1.25 bits per heavy atom. The Labute approximate surface area is 142 Å². The average molecular weight is 353 g/mol. The maximum atomic E-state index is 12.7. The first-order valence-electron chi connectivity index (χ1n) is 7.83. The zero-order valence-electron chi connectivity index (χ0n) is 14.1. The van der Waals surface area contributed by atoms with E-state index in [-0.39, 0.29) is 10.8 Å². The van der Waals surface area contributed by atoms with E-state index in [1.807, 2.05) is 0 Å². The van der Waals surface area contributed by atoms with Crippen LogP contribution in [0, 0.1) is 0 Å². The lowest BCUT2D eigenvalue weighted by atomic mass is 10.2. The molecule has 1 aromatic carbocycles. The minimum Gasteiger partial charge on any atom is -0.347 e. The normalized spacial score (nSPS) is 19.7. The number of amides is 2. The summed E-state index contributed by atoms with van der Waals surface area (Å²) < 4.78 is 26.7. The third-order valence-corrected chi connectivity index (χ3v) is 5.95. The summed E-state index contributed by atoms with van der Waals surface area (Å²) in [5.74, 6) is -0.673. The molecule has 2 atom stereocenters. The van der Waals surface area contributed by atoms with Crippen molar-refractivity contribution in [3.05, 3.63) is 30.3 Å². The number of carbonyl (C=O) groups is 2. The van der Waals surface area contributed by atoms with Gasteiger partial charge in [-0.2, -0.15) is 4.31 Å². The highest BCUT2D eigenvalue weighted by Crippen LogP contribution is 2.26. The fraction of sp³-hybridized carbons (Fsp3) is 0.500. The molecule has 8 heteroatoms. The number of sulfonamides is 1. The van der Waals surface area contributed by atoms with Crippen molar-refractivity contribution in [2.45, 2.75) is 36.7 Å². The van der Waals surface area contributed by atoms with E-state index in [0.29, 0.717) is 19.4 Å². The molecule has 0 spiro atoms. The molecule has 0 unspecified atom stereocenters. The van der Waals surface area contributed by atoms with Crippen LogP contribution in [-0.4, -0.2) is 62.2 Å².